The number of nitrogens with two attached hydrogens (primary N) is 1. The molecule has 0 saturated carbocycles. The molecule has 7 rings (SSSR count). The Hall–Kier alpha value is -5.32. The number of pyridine rings is 1. The van der Waals surface area contributed by atoms with E-state index in [0.29, 0.717) is 5.71 Å². The van der Waals surface area contributed by atoms with Crippen molar-refractivity contribution in [3.63, 3.8) is 0 Å². The van der Waals surface area contributed by atoms with Gasteiger partial charge >= 0.3 is 0 Å². The van der Waals surface area contributed by atoms with Crippen LogP contribution in [-0.2, 0) is 0 Å². The Kier molecular flexibility index (Phi) is 6.00. The molecule has 4 heteroatoms. The first kappa shape index (κ1) is 23.8. The molecule has 6 aromatic rings. The van der Waals surface area contributed by atoms with Crippen molar-refractivity contribution in [3.05, 3.63) is 151 Å². The fraction of sp³-hybridized carbons (Fsp3) is 0. The summed E-state index contributed by atoms with van der Waals surface area (Å²) >= 11 is 0. The zero-order valence-corrected chi connectivity index (χ0v) is 21.8. The van der Waals surface area contributed by atoms with Gasteiger partial charge in [0.05, 0.1) is 28.2 Å². The number of hydrogen-bond acceptors (Lipinski definition) is 2. The number of quaternary nitrogens is 1. The van der Waals surface area contributed by atoms with Gasteiger partial charge in [0.1, 0.15) is 17.7 Å². The number of fused-ring (bicyclic) bond motifs is 3. The van der Waals surface area contributed by atoms with Crippen LogP contribution in [0.1, 0.15) is 11.3 Å². The molecule has 2 aromatic heterocycles. The van der Waals surface area contributed by atoms with Crippen molar-refractivity contribution in [1.82, 2.24) is 9.55 Å². The summed E-state index contributed by atoms with van der Waals surface area (Å²) in [4.78, 5) is 5.24. The number of benzene rings is 4. The van der Waals surface area contributed by atoms with Crippen molar-refractivity contribution in [2.45, 2.75) is 0 Å². The van der Waals surface area contributed by atoms with Crippen LogP contribution in [0.2, 0.25) is 0 Å². The van der Waals surface area contributed by atoms with Crippen molar-refractivity contribution >= 4 is 34.0 Å². The van der Waals surface area contributed by atoms with Crippen LogP contribution >= 0.6 is 0 Å². The van der Waals surface area contributed by atoms with Crippen molar-refractivity contribution in [1.29, 1.82) is 5.41 Å². The molecule has 0 atom stereocenters. The predicted octanol–water partition coefficient (Wildman–Crippen LogP) is 7.64. The Balaban J connectivity index is 1.50. The highest BCUT2D eigenvalue weighted by molar-refractivity contribution is 6.32. The molecule has 2 heterocycles. The Labute approximate surface area is 233 Å². The van der Waals surface area contributed by atoms with Crippen LogP contribution in [0.4, 0.5) is 5.69 Å². The van der Waals surface area contributed by atoms with Gasteiger partial charge in [-0.2, -0.15) is 0 Å². The zero-order chi connectivity index (χ0) is 26.9. The molecular weight excluding hydrogens is 488 g/mol. The van der Waals surface area contributed by atoms with E-state index in [1.807, 2.05) is 48.5 Å². The zero-order valence-electron chi connectivity index (χ0n) is 21.8. The predicted molar refractivity (Wildman–Crippen MR) is 165 cm³/mol. The Morgan fingerprint density at radius 3 is 2.05 bits per heavy atom. The fourth-order valence-corrected chi connectivity index (χ4v) is 5.42. The third-order valence-electron chi connectivity index (χ3n) is 7.34. The maximum absolute atomic E-state index is 8.92. The lowest BCUT2D eigenvalue weighted by Gasteiger charge is -2.17. The highest BCUT2D eigenvalue weighted by atomic mass is 15.1. The Bertz CT molecular complexity index is 1860. The van der Waals surface area contributed by atoms with E-state index in [1.165, 1.54) is 0 Å². The third-order valence-corrected chi connectivity index (χ3v) is 7.34. The van der Waals surface area contributed by atoms with Crippen LogP contribution in [0.3, 0.4) is 0 Å². The molecule has 0 amide bonds. The summed E-state index contributed by atoms with van der Waals surface area (Å²) in [5.41, 5.74) is 9.79. The summed E-state index contributed by atoms with van der Waals surface area (Å²) in [6.07, 6.45) is 6.02. The summed E-state index contributed by atoms with van der Waals surface area (Å²) in [6.45, 7) is 0. The molecule has 4 aromatic carbocycles. The summed E-state index contributed by atoms with van der Waals surface area (Å²) in [6, 6.07) is 43.8. The number of rotatable bonds is 5. The maximum Gasteiger partial charge on any atom is 0.138 e. The van der Waals surface area contributed by atoms with E-state index in [1.54, 1.807) is 0 Å². The second-order valence-electron chi connectivity index (χ2n) is 9.85. The van der Waals surface area contributed by atoms with Gasteiger partial charge in [-0.25, -0.2) is 4.98 Å². The molecule has 40 heavy (non-hydrogen) atoms. The minimum absolute atomic E-state index is 0.478. The van der Waals surface area contributed by atoms with E-state index in [2.05, 4.69) is 107 Å². The molecule has 0 bridgehead atoms. The normalized spacial score (nSPS) is 13.6. The van der Waals surface area contributed by atoms with Crippen LogP contribution in [0.15, 0.2) is 140 Å². The van der Waals surface area contributed by atoms with Crippen LogP contribution in [0, 0.1) is 5.41 Å². The average molecular weight is 516 g/mol. The van der Waals surface area contributed by atoms with Gasteiger partial charge < -0.3 is 0 Å². The molecular formula is C36H27N4+. The summed E-state index contributed by atoms with van der Waals surface area (Å²) in [5, 5.41) is 12.1. The molecule has 0 saturated heterocycles. The van der Waals surface area contributed by atoms with E-state index in [0.717, 1.165) is 61.6 Å². The number of nitrogens with zero attached hydrogens (tertiary/aromatic N) is 2. The van der Waals surface area contributed by atoms with E-state index in [9.17, 15) is 0 Å². The molecule has 0 fully saturated rings. The van der Waals surface area contributed by atoms with Crippen LogP contribution < -0.4 is 5.32 Å². The molecule has 0 spiro atoms. The van der Waals surface area contributed by atoms with Crippen LogP contribution in [0.25, 0.3) is 50.8 Å². The number of nitrogens with one attached hydrogen (secondary N) is 1. The molecule has 4 nitrogen and oxygen atoms in total. The van der Waals surface area contributed by atoms with Gasteiger partial charge in [-0.05, 0) is 47.5 Å². The summed E-state index contributed by atoms with van der Waals surface area (Å²) < 4.78 is 2.23. The molecule has 1 aliphatic carbocycles. The first-order valence-electron chi connectivity index (χ1n) is 13.4. The lowest BCUT2D eigenvalue weighted by atomic mass is 9.96. The highest BCUT2D eigenvalue weighted by Gasteiger charge is 2.26. The number of allylic oxidation sites excluding steroid dienone is 2. The topological polar surface area (TPSA) is 58.3 Å². The average Bonchev–Trinajstić information content (AvgIpc) is 3.36. The second-order valence-corrected chi connectivity index (χ2v) is 9.85. The fourth-order valence-electron chi connectivity index (χ4n) is 5.42. The lowest BCUT2D eigenvalue weighted by Crippen LogP contribution is -2.71. The van der Waals surface area contributed by atoms with Crippen LogP contribution in [0.5, 0.6) is 0 Å². The molecule has 0 radical (unpaired) electrons. The minimum Gasteiger partial charge on any atom is -0.300 e. The molecule has 1 aliphatic rings. The monoisotopic (exact) mass is 515 g/mol. The minimum atomic E-state index is 0.478. The van der Waals surface area contributed by atoms with Crippen molar-refractivity contribution in [2.75, 3.05) is 0 Å². The third kappa shape index (κ3) is 4.27. The van der Waals surface area contributed by atoms with E-state index in [4.69, 9.17) is 10.4 Å². The van der Waals surface area contributed by atoms with Gasteiger partial charge in [0.2, 0.25) is 0 Å². The first-order valence-corrected chi connectivity index (χ1v) is 13.4. The Morgan fingerprint density at radius 2 is 1.30 bits per heavy atom. The number of para-hydroxylation sites is 2. The van der Waals surface area contributed by atoms with Crippen LogP contribution in [-0.4, -0.2) is 15.3 Å². The van der Waals surface area contributed by atoms with E-state index >= 15 is 0 Å². The molecule has 0 unspecified atom stereocenters. The standard InChI is InChI=1S/C36H26N4/c37-32-21-20-30-29-18-10-11-19-34(29)40(36(30)31(32)24-38-28-16-8-3-9-17-28)35-23-27(25-12-4-1-5-13-25)22-33(39-35)26-14-6-2-7-15-26/h1-24,37-38H/p+1/b31-24+,37-32?. The van der Waals surface area contributed by atoms with E-state index in [-0.39, 0.29) is 0 Å². The van der Waals surface area contributed by atoms with Gasteiger partial charge in [-0.1, -0.05) is 103 Å². The van der Waals surface area contributed by atoms with Gasteiger partial charge in [0.25, 0.3) is 0 Å². The second kappa shape index (κ2) is 10.1. The van der Waals surface area contributed by atoms with E-state index < -0.39 is 0 Å². The lowest BCUT2D eigenvalue weighted by molar-refractivity contribution is -0.495. The highest BCUT2D eigenvalue weighted by Crippen LogP contribution is 2.38. The Morgan fingerprint density at radius 1 is 0.650 bits per heavy atom. The summed E-state index contributed by atoms with van der Waals surface area (Å²) in [5.74, 6) is 0.825. The van der Waals surface area contributed by atoms with Gasteiger partial charge in [-0.15, -0.1) is 0 Å². The van der Waals surface area contributed by atoms with Crippen molar-refractivity contribution < 1.29 is 5.32 Å². The smallest absolute Gasteiger partial charge is 0.138 e. The van der Waals surface area contributed by atoms with Gasteiger partial charge in [0, 0.05) is 16.5 Å². The SMILES string of the molecule is N=C1C=Cc2c(n(-c3cc(-c4ccccc4)cc(-c4ccccc4)n3)c3ccccc23)/C1=C/[NH2+]c1ccccc1. The number of hydrogen-bond donors (Lipinski definition) is 2. The molecule has 3 N–H and O–H groups in total. The maximum atomic E-state index is 8.92. The largest absolute Gasteiger partial charge is 0.300 e. The van der Waals surface area contributed by atoms with Crippen molar-refractivity contribution in [3.8, 4) is 28.2 Å². The molecule has 0 aliphatic heterocycles. The number of aromatic nitrogens is 2. The quantitative estimate of drug-likeness (QED) is 0.228. The van der Waals surface area contributed by atoms with Gasteiger partial charge in [-0.3, -0.25) is 15.3 Å². The summed E-state index contributed by atoms with van der Waals surface area (Å²) in [7, 11) is 0. The van der Waals surface area contributed by atoms with Gasteiger partial charge in [0.15, 0.2) is 0 Å². The first-order chi connectivity index (χ1) is 19.8. The van der Waals surface area contributed by atoms with Crippen molar-refractivity contribution in [2.24, 2.45) is 0 Å². The molecule has 190 valence electrons.